The van der Waals surface area contributed by atoms with Crippen LogP contribution in [0.4, 0.5) is 4.79 Å². The van der Waals surface area contributed by atoms with E-state index in [9.17, 15) is 28.8 Å². The molecule has 1 rings (SSSR count). The first-order valence-corrected chi connectivity index (χ1v) is 19.3. The summed E-state index contributed by atoms with van der Waals surface area (Å²) in [5.41, 5.74) is -0.687. The number of nitrogens with one attached hydrogen (secondary N) is 4. The lowest BCUT2D eigenvalue weighted by atomic mass is 9.89. The van der Waals surface area contributed by atoms with Crippen molar-refractivity contribution in [3.05, 3.63) is 0 Å². The van der Waals surface area contributed by atoms with Crippen LogP contribution in [0, 0.1) is 23.2 Å². The Morgan fingerprint density at radius 1 is 0.885 bits per heavy atom. The molecule has 0 saturated carbocycles. The number of rotatable bonds is 24. The van der Waals surface area contributed by atoms with Crippen LogP contribution in [0.15, 0.2) is 0 Å². The molecule has 0 aromatic rings. The number of ether oxygens (including phenoxy) is 1. The Balaban J connectivity index is 2.65. The van der Waals surface area contributed by atoms with Crippen LogP contribution in [0.5, 0.6) is 0 Å². The third-order valence-corrected chi connectivity index (χ3v) is 10.1. The number of urea groups is 1. The van der Waals surface area contributed by atoms with E-state index in [-0.39, 0.29) is 85.3 Å². The lowest BCUT2D eigenvalue weighted by Crippen LogP contribution is -2.59. The normalized spacial score (nSPS) is 17.2. The summed E-state index contributed by atoms with van der Waals surface area (Å²) in [6.45, 7) is 19.4. The van der Waals surface area contributed by atoms with E-state index in [1.165, 1.54) is 4.90 Å². The van der Waals surface area contributed by atoms with E-state index < -0.39 is 23.6 Å². The van der Waals surface area contributed by atoms with Crippen LogP contribution in [0.1, 0.15) is 107 Å². The van der Waals surface area contributed by atoms with Gasteiger partial charge in [-0.05, 0) is 51.1 Å². The van der Waals surface area contributed by atoms with Crippen molar-refractivity contribution in [2.24, 2.45) is 23.2 Å². The fraction of sp³-hybridized carbons (Fsp3) is 0.842. The van der Waals surface area contributed by atoms with Gasteiger partial charge in [-0.25, -0.2) is 4.79 Å². The van der Waals surface area contributed by atoms with Crippen LogP contribution < -0.4 is 21.3 Å². The van der Waals surface area contributed by atoms with Crippen molar-refractivity contribution in [2.75, 3.05) is 53.9 Å². The third-order valence-electron chi connectivity index (χ3n) is 10.1. The molecule has 1 aliphatic rings. The predicted octanol–water partition coefficient (Wildman–Crippen LogP) is 3.14. The summed E-state index contributed by atoms with van der Waals surface area (Å²) in [5.74, 6) is -1.06. The van der Waals surface area contributed by atoms with Gasteiger partial charge in [-0.2, -0.15) is 0 Å². The Bertz CT molecular complexity index is 1180. The molecule has 0 bridgehead atoms. The molecular formula is C38H71N7O7. The zero-order valence-corrected chi connectivity index (χ0v) is 34.2. The maximum Gasteiger partial charge on any atom is 0.314 e. The van der Waals surface area contributed by atoms with Gasteiger partial charge in [0.2, 0.25) is 29.5 Å². The first-order chi connectivity index (χ1) is 24.3. The highest BCUT2D eigenvalue weighted by atomic mass is 16.5. The highest BCUT2D eigenvalue weighted by Gasteiger charge is 2.44. The second kappa shape index (κ2) is 22.7. The Morgan fingerprint density at radius 3 is 2.02 bits per heavy atom. The number of likely N-dealkylation sites (N-methyl/N-ethyl adjacent to an activating group) is 2. The number of hydrogen-bond donors (Lipinski definition) is 4. The quantitative estimate of drug-likeness (QED) is 0.0866. The summed E-state index contributed by atoms with van der Waals surface area (Å²) in [6.07, 6.45) is 4.08. The topological polar surface area (TPSA) is 169 Å². The van der Waals surface area contributed by atoms with E-state index in [1.54, 1.807) is 32.9 Å². The first kappa shape index (κ1) is 46.8. The van der Waals surface area contributed by atoms with Gasteiger partial charge in [0.1, 0.15) is 6.04 Å². The molecule has 3 unspecified atom stereocenters. The minimum absolute atomic E-state index is 0.00404. The molecule has 0 radical (unpaired) electrons. The van der Waals surface area contributed by atoms with Gasteiger partial charge in [-0.1, -0.05) is 74.7 Å². The van der Waals surface area contributed by atoms with Gasteiger partial charge < -0.3 is 30.9 Å². The van der Waals surface area contributed by atoms with E-state index >= 15 is 0 Å². The molecule has 300 valence electrons. The van der Waals surface area contributed by atoms with Crippen molar-refractivity contribution >= 4 is 35.6 Å². The van der Waals surface area contributed by atoms with Crippen molar-refractivity contribution in [3.63, 3.8) is 0 Å². The van der Waals surface area contributed by atoms with Gasteiger partial charge in [0.25, 0.3) is 0 Å². The number of nitrogens with zero attached hydrogens (tertiary/aromatic N) is 3. The van der Waals surface area contributed by atoms with Gasteiger partial charge in [0.05, 0.1) is 30.0 Å². The second-order valence-corrected chi connectivity index (χ2v) is 15.7. The number of imide groups is 1. The van der Waals surface area contributed by atoms with E-state index in [4.69, 9.17) is 4.74 Å². The van der Waals surface area contributed by atoms with Gasteiger partial charge >= 0.3 is 6.03 Å². The average molecular weight is 738 g/mol. The SMILES string of the molecule is CCNC(=O)CC(OC)C([C@@H](C)CC)N(C)C(=O)[C@@H](NC(=O)C(C(C)C)N(C)CCCCCCNC(=O)NCCN1C(=O)CC(C)(C)C1=O)C(C)C. The molecule has 0 aliphatic carbocycles. The fourth-order valence-electron chi connectivity index (χ4n) is 6.94. The van der Waals surface area contributed by atoms with Crippen molar-refractivity contribution in [3.8, 4) is 0 Å². The van der Waals surface area contributed by atoms with Crippen LogP contribution in [-0.4, -0.2) is 128 Å². The van der Waals surface area contributed by atoms with Crippen LogP contribution in [0.3, 0.4) is 0 Å². The zero-order valence-electron chi connectivity index (χ0n) is 34.2. The van der Waals surface area contributed by atoms with Crippen molar-refractivity contribution in [2.45, 2.75) is 131 Å². The number of likely N-dealkylation sites (tertiary alicyclic amines) is 1. The number of carbonyl (C=O) groups is 6. The molecule has 1 aliphatic heterocycles. The molecule has 5 atom stereocenters. The maximum absolute atomic E-state index is 14.1. The molecule has 7 amide bonds. The lowest BCUT2D eigenvalue weighted by Gasteiger charge is -2.40. The number of hydrogen-bond acceptors (Lipinski definition) is 8. The minimum Gasteiger partial charge on any atom is -0.379 e. The molecule has 4 N–H and O–H groups in total. The summed E-state index contributed by atoms with van der Waals surface area (Å²) in [4.78, 5) is 81.8. The third kappa shape index (κ3) is 14.3. The largest absolute Gasteiger partial charge is 0.379 e. The van der Waals surface area contributed by atoms with Crippen LogP contribution in [0.2, 0.25) is 0 Å². The maximum atomic E-state index is 14.1. The van der Waals surface area contributed by atoms with Crippen LogP contribution >= 0.6 is 0 Å². The minimum atomic E-state index is -0.747. The van der Waals surface area contributed by atoms with E-state index in [0.29, 0.717) is 19.6 Å². The number of carbonyl (C=O) groups excluding carboxylic acids is 6. The second-order valence-electron chi connectivity index (χ2n) is 15.7. The number of unbranched alkanes of at least 4 members (excludes halogenated alkanes) is 3. The lowest BCUT2D eigenvalue weighted by molar-refractivity contribution is -0.144. The van der Waals surface area contributed by atoms with Crippen molar-refractivity contribution in [1.29, 1.82) is 0 Å². The molecule has 14 nitrogen and oxygen atoms in total. The number of methoxy groups -OCH3 is 1. The summed E-state index contributed by atoms with van der Waals surface area (Å²) >= 11 is 0. The van der Waals surface area contributed by atoms with E-state index in [0.717, 1.165) is 32.1 Å². The molecule has 1 heterocycles. The molecule has 0 spiro atoms. The molecular weight excluding hydrogens is 666 g/mol. The molecule has 14 heteroatoms. The highest BCUT2D eigenvalue weighted by Crippen LogP contribution is 2.31. The fourth-order valence-corrected chi connectivity index (χ4v) is 6.94. The van der Waals surface area contributed by atoms with Crippen LogP contribution in [0.25, 0.3) is 0 Å². The smallest absolute Gasteiger partial charge is 0.314 e. The van der Waals surface area contributed by atoms with Gasteiger partial charge in [-0.3, -0.25) is 33.8 Å². The van der Waals surface area contributed by atoms with Gasteiger partial charge in [-0.15, -0.1) is 0 Å². The zero-order chi connectivity index (χ0) is 39.8. The highest BCUT2D eigenvalue weighted by molar-refractivity contribution is 6.05. The van der Waals surface area contributed by atoms with Crippen LogP contribution in [-0.2, 0) is 28.7 Å². The molecule has 1 fully saturated rings. The summed E-state index contributed by atoms with van der Waals surface area (Å²) in [7, 11) is 5.23. The summed E-state index contributed by atoms with van der Waals surface area (Å²) in [5, 5.41) is 11.4. The van der Waals surface area contributed by atoms with E-state index in [2.05, 4.69) is 21.3 Å². The monoisotopic (exact) mass is 738 g/mol. The Morgan fingerprint density at radius 2 is 1.50 bits per heavy atom. The molecule has 52 heavy (non-hydrogen) atoms. The Labute approximate surface area is 313 Å². The van der Waals surface area contributed by atoms with Gasteiger partial charge in [0.15, 0.2) is 0 Å². The molecule has 0 aromatic heterocycles. The van der Waals surface area contributed by atoms with E-state index in [1.807, 2.05) is 60.4 Å². The predicted molar refractivity (Wildman–Crippen MR) is 203 cm³/mol. The average Bonchev–Trinajstić information content (AvgIpc) is 3.26. The molecule has 1 saturated heterocycles. The van der Waals surface area contributed by atoms with Gasteiger partial charge in [0, 0.05) is 46.8 Å². The summed E-state index contributed by atoms with van der Waals surface area (Å²) in [6, 6.07) is -1.87. The van der Waals surface area contributed by atoms with Crippen molar-refractivity contribution in [1.82, 2.24) is 36.0 Å². The number of amides is 7. The Hall–Kier alpha value is -3.26. The Kier molecular flexibility index (Phi) is 20.4. The standard InChI is InChI=1S/C38H71N7O7/c1-13-27(7)33(28(52-12)23-29(46)39-14-2)44(11)35(49)31(25(3)4)42-34(48)32(26(5)6)43(10)21-18-16-15-17-19-40-37(51)41-20-22-45-30(47)24-38(8,9)36(45)50/h25-28,31-33H,13-24H2,1-12H3,(H,39,46)(H,42,48)(H2,40,41,51)/t27-,28?,31-,32?,33?/m0/s1. The molecule has 0 aromatic carbocycles. The summed E-state index contributed by atoms with van der Waals surface area (Å²) < 4.78 is 5.78. The van der Waals surface area contributed by atoms with Crippen molar-refractivity contribution < 1.29 is 33.5 Å². The first-order valence-electron chi connectivity index (χ1n) is 19.3.